The molecule has 0 spiro atoms. The predicted octanol–water partition coefficient (Wildman–Crippen LogP) is 4.88. The Bertz CT molecular complexity index is 785. The number of unbranched alkanes of at least 4 members (excludes halogenated alkanes) is 1. The molecule has 3 heteroatoms. The molecule has 3 nitrogen and oxygen atoms in total. The molecule has 0 N–H and O–H groups in total. The molecule has 0 bridgehead atoms. The number of carbonyl (C=O) groups excluding carboxylic acids is 1. The average Bonchev–Trinajstić information content (AvgIpc) is 2.59. The first-order chi connectivity index (χ1) is 11.6. The van der Waals surface area contributed by atoms with E-state index in [1.165, 1.54) is 5.56 Å². The fraction of sp³-hybridized carbons (Fsp3) is 0.238. The second-order valence-corrected chi connectivity index (χ2v) is 5.68. The maximum Gasteiger partial charge on any atom is 0.185 e. The van der Waals surface area contributed by atoms with Gasteiger partial charge in [-0.3, -0.25) is 4.79 Å². The van der Waals surface area contributed by atoms with E-state index in [0.29, 0.717) is 25.0 Å². The largest absolute Gasteiger partial charge is 0.494 e. The van der Waals surface area contributed by atoms with Gasteiger partial charge in [-0.25, -0.2) is 0 Å². The molecule has 0 heterocycles. The Kier molecular flexibility index (Phi) is 6.33. The minimum atomic E-state index is -0.0153. The van der Waals surface area contributed by atoms with Crippen molar-refractivity contribution in [2.75, 3.05) is 6.61 Å². The molecular formula is C21H21NO2. The molecule has 0 radical (unpaired) electrons. The summed E-state index contributed by atoms with van der Waals surface area (Å²) in [6.45, 7) is 4.55. The van der Waals surface area contributed by atoms with Gasteiger partial charge in [-0.05, 0) is 61.2 Å². The Balaban J connectivity index is 2.01. The third-order valence-electron chi connectivity index (χ3n) is 3.78. The van der Waals surface area contributed by atoms with Crippen LogP contribution in [0.2, 0.25) is 0 Å². The van der Waals surface area contributed by atoms with Crippen molar-refractivity contribution in [3.63, 3.8) is 0 Å². The molecule has 2 rings (SSSR count). The Hall–Kier alpha value is -2.86. The molecule has 0 fully saturated rings. The van der Waals surface area contributed by atoms with Crippen molar-refractivity contribution in [2.45, 2.75) is 26.7 Å². The minimum absolute atomic E-state index is 0.0153. The van der Waals surface area contributed by atoms with Crippen LogP contribution in [-0.4, -0.2) is 12.4 Å². The third kappa shape index (κ3) is 5.10. The van der Waals surface area contributed by atoms with E-state index in [0.717, 1.165) is 16.9 Å². The average molecular weight is 319 g/mol. The van der Waals surface area contributed by atoms with Gasteiger partial charge in [0.25, 0.3) is 0 Å². The lowest BCUT2D eigenvalue weighted by Gasteiger charge is -2.05. The number of allylic oxidation sites excluding steroid dienone is 1. The summed E-state index contributed by atoms with van der Waals surface area (Å²) < 4.78 is 5.60. The fourth-order valence-corrected chi connectivity index (χ4v) is 2.21. The van der Waals surface area contributed by atoms with Crippen LogP contribution in [0.25, 0.3) is 6.08 Å². The first-order valence-electron chi connectivity index (χ1n) is 7.99. The number of hydrogen-bond donors (Lipinski definition) is 0. The second kappa shape index (κ2) is 8.69. The fourth-order valence-electron chi connectivity index (χ4n) is 2.21. The lowest BCUT2D eigenvalue weighted by molar-refractivity contribution is 0.104. The van der Waals surface area contributed by atoms with Gasteiger partial charge >= 0.3 is 0 Å². The summed E-state index contributed by atoms with van der Waals surface area (Å²) in [5.74, 6) is 0.729. The summed E-state index contributed by atoms with van der Waals surface area (Å²) >= 11 is 0. The van der Waals surface area contributed by atoms with Crippen LogP contribution in [0.5, 0.6) is 5.75 Å². The molecule has 0 aromatic heterocycles. The van der Waals surface area contributed by atoms with E-state index in [4.69, 9.17) is 10.00 Å². The number of hydrogen-bond acceptors (Lipinski definition) is 3. The molecule has 24 heavy (non-hydrogen) atoms. The molecule has 0 aliphatic heterocycles. The topological polar surface area (TPSA) is 50.1 Å². The predicted molar refractivity (Wildman–Crippen MR) is 96.1 cm³/mol. The van der Waals surface area contributed by atoms with Gasteiger partial charge in [-0.2, -0.15) is 5.26 Å². The van der Waals surface area contributed by atoms with Crippen molar-refractivity contribution < 1.29 is 9.53 Å². The van der Waals surface area contributed by atoms with Crippen LogP contribution in [0.1, 0.15) is 39.9 Å². The molecule has 0 aliphatic carbocycles. The third-order valence-corrected chi connectivity index (χ3v) is 3.78. The SMILES string of the molecule is Cc1ccc(C(=O)/C=C/c2cccc(OCCCC#N)c2)cc1C. The van der Waals surface area contributed by atoms with Gasteiger partial charge in [-0.15, -0.1) is 0 Å². The van der Waals surface area contributed by atoms with Crippen LogP contribution in [0.4, 0.5) is 0 Å². The smallest absolute Gasteiger partial charge is 0.185 e. The monoisotopic (exact) mass is 319 g/mol. The van der Waals surface area contributed by atoms with E-state index in [1.807, 2.05) is 56.3 Å². The molecule has 2 aromatic rings. The van der Waals surface area contributed by atoms with Crippen LogP contribution < -0.4 is 4.74 Å². The van der Waals surface area contributed by atoms with Gasteiger partial charge < -0.3 is 4.74 Å². The van der Waals surface area contributed by atoms with Gasteiger partial charge in [0.1, 0.15) is 5.75 Å². The van der Waals surface area contributed by atoms with Crippen LogP contribution in [-0.2, 0) is 0 Å². The number of rotatable bonds is 7. The van der Waals surface area contributed by atoms with Crippen LogP contribution >= 0.6 is 0 Å². The Morgan fingerprint density at radius 1 is 1.17 bits per heavy atom. The van der Waals surface area contributed by atoms with Crippen LogP contribution in [0.3, 0.4) is 0 Å². The second-order valence-electron chi connectivity index (χ2n) is 5.68. The van der Waals surface area contributed by atoms with Crippen molar-refractivity contribution in [2.24, 2.45) is 0 Å². The number of nitriles is 1. The molecule has 0 saturated heterocycles. The van der Waals surface area contributed by atoms with E-state index in [2.05, 4.69) is 6.07 Å². The van der Waals surface area contributed by atoms with Gasteiger partial charge in [0.15, 0.2) is 5.78 Å². The van der Waals surface area contributed by atoms with E-state index in [-0.39, 0.29) is 5.78 Å². The van der Waals surface area contributed by atoms with Crippen LogP contribution in [0.15, 0.2) is 48.5 Å². The Morgan fingerprint density at radius 3 is 2.75 bits per heavy atom. The maximum absolute atomic E-state index is 12.3. The quantitative estimate of drug-likeness (QED) is 0.415. The summed E-state index contributed by atoms with van der Waals surface area (Å²) in [7, 11) is 0. The zero-order chi connectivity index (χ0) is 17.4. The van der Waals surface area contributed by atoms with E-state index in [1.54, 1.807) is 12.2 Å². The highest BCUT2D eigenvalue weighted by atomic mass is 16.5. The summed E-state index contributed by atoms with van der Waals surface area (Å²) in [5, 5.41) is 8.51. The number of nitrogens with zero attached hydrogens (tertiary/aromatic N) is 1. The molecule has 0 saturated carbocycles. The van der Waals surface area contributed by atoms with Crippen molar-refractivity contribution in [1.82, 2.24) is 0 Å². The number of carbonyl (C=O) groups is 1. The zero-order valence-electron chi connectivity index (χ0n) is 14.1. The molecule has 2 aromatic carbocycles. The van der Waals surface area contributed by atoms with Crippen molar-refractivity contribution in [3.05, 3.63) is 70.8 Å². The minimum Gasteiger partial charge on any atom is -0.494 e. The molecule has 122 valence electrons. The Labute approximate surface area is 143 Å². The van der Waals surface area contributed by atoms with Gasteiger partial charge in [-0.1, -0.05) is 30.3 Å². The van der Waals surface area contributed by atoms with E-state index >= 15 is 0 Å². The number of aryl methyl sites for hydroxylation is 2. The first kappa shape index (κ1) is 17.5. The highest BCUT2D eigenvalue weighted by molar-refractivity contribution is 6.06. The molecule has 0 unspecified atom stereocenters. The molecular weight excluding hydrogens is 298 g/mol. The summed E-state index contributed by atoms with van der Waals surface area (Å²) in [6, 6.07) is 15.4. The maximum atomic E-state index is 12.3. The highest BCUT2D eigenvalue weighted by Crippen LogP contribution is 2.16. The summed E-state index contributed by atoms with van der Waals surface area (Å²) in [6.07, 6.45) is 4.57. The zero-order valence-corrected chi connectivity index (χ0v) is 14.1. The number of ether oxygens (including phenoxy) is 1. The molecule has 0 amide bonds. The van der Waals surface area contributed by atoms with E-state index in [9.17, 15) is 4.79 Å². The number of ketones is 1. The molecule has 0 atom stereocenters. The van der Waals surface area contributed by atoms with Gasteiger partial charge in [0.2, 0.25) is 0 Å². The lowest BCUT2D eigenvalue weighted by atomic mass is 10.0. The van der Waals surface area contributed by atoms with Crippen molar-refractivity contribution in [1.29, 1.82) is 5.26 Å². The molecule has 0 aliphatic rings. The van der Waals surface area contributed by atoms with E-state index < -0.39 is 0 Å². The van der Waals surface area contributed by atoms with Gasteiger partial charge in [0, 0.05) is 12.0 Å². The summed E-state index contributed by atoms with van der Waals surface area (Å²) in [5.41, 5.74) is 3.89. The highest BCUT2D eigenvalue weighted by Gasteiger charge is 2.03. The normalized spacial score (nSPS) is 10.5. The van der Waals surface area contributed by atoms with Gasteiger partial charge in [0.05, 0.1) is 12.7 Å². The Morgan fingerprint density at radius 2 is 2.00 bits per heavy atom. The number of benzene rings is 2. The van der Waals surface area contributed by atoms with Crippen molar-refractivity contribution in [3.8, 4) is 11.8 Å². The first-order valence-corrected chi connectivity index (χ1v) is 7.99. The lowest BCUT2D eigenvalue weighted by Crippen LogP contribution is -1.97. The standard InChI is InChI=1S/C21H21NO2/c1-16-8-10-19(14-17(16)2)21(23)11-9-18-6-5-7-20(15-18)24-13-4-3-12-22/h5-11,14-15H,3-4,13H2,1-2H3/b11-9+. The summed E-state index contributed by atoms with van der Waals surface area (Å²) in [4.78, 5) is 12.3. The van der Waals surface area contributed by atoms with Crippen molar-refractivity contribution >= 4 is 11.9 Å². The van der Waals surface area contributed by atoms with Crippen LogP contribution in [0, 0.1) is 25.2 Å².